The molecule has 1 heterocycles. The van der Waals surface area contributed by atoms with Crippen LogP contribution in [0.4, 0.5) is 26.3 Å². The summed E-state index contributed by atoms with van der Waals surface area (Å²) in [7, 11) is 1.03. The van der Waals surface area contributed by atoms with Crippen LogP contribution in [0.5, 0.6) is 11.5 Å². The van der Waals surface area contributed by atoms with Gasteiger partial charge >= 0.3 is 12.5 Å². The number of aromatic nitrogens is 1. The molecule has 0 N–H and O–H groups in total. The fourth-order valence-electron chi connectivity index (χ4n) is 1.86. The van der Waals surface area contributed by atoms with Crippen LogP contribution in [0.1, 0.15) is 5.69 Å². The van der Waals surface area contributed by atoms with Crippen molar-refractivity contribution in [1.82, 2.24) is 4.98 Å². The van der Waals surface area contributed by atoms with Crippen molar-refractivity contribution in [2.75, 3.05) is 7.11 Å². The Kier molecular flexibility index (Phi) is 4.39. The number of pyridine rings is 1. The molecule has 0 spiro atoms. The number of alkyl halides is 6. The molecule has 124 valence electrons. The molecule has 23 heavy (non-hydrogen) atoms. The summed E-state index contributed by atoms with van der Waals surface area (Å²) in [5, 5.41) is 0. The number of nitrogens with zero attached hydrogens (tertiary/aromatic N) is 1. The van der Waals surface area contributed by atoms with Gasteiger partial charge in [-0.25, -0.2) is 4.98 Å². The average Bonchev–Trinajstić information content (AvgIpc) is 2.44. The minimum atomic E-state index is -4.98. The number of methoxy groups -OCH3 is 1. The maximum atomic E-state index is 12.9. The molecule has 0 unspecified atom stereocenters. The molecular weight excluding hydrogens is 328 g/mol. The Hall–Kier alpha value is -2.45. The normalized spacial score (nSPS) is 12.1. The van der Waals surface area contributed by atoms with E-state index in [0.717, 1.165) is 25.3 Å². The largest absolute Gasteiger partial charge is 0.573 e. The highest BCUT2D eigenvalue weighted by atomic mass is 19.4. The predicted octanol–water partition coefficient (Wildman–Crippen LogP) is 4.67. The number of ether oxygens (including phenoxy) is 2. The summed E-state index contributed by atoms with van der Waals surface area (Å²) >= 11 is 0. The lowest BCUT2D eigenvalue weighted by atomic mass is 10.1. The van der Waals surface area contributed by atoms with E-state index in [1.807, 2.05) is 0 Å². The summed E-state index contributed by atoms with van der Waals surface area (Å²) in [5.74, 6) is -1.18. The van der Waals surface area contributed by atoms with Crippen LogP contribution >= 0.6 is 0 Å². The molecule has 0 amide bonds. The molecular formula is C14H9F6NO2. The molecule has 9 heteroatoms. The third-order valence-electron chi connectivity index (χ3n) is 2.74. The van der Waals surface area contributed by atoms with Crippen molar-refractivity contribution in [2.24, 2.45) is 0 Å². The van der Waals surface area contributed by atoms with E-state index in [1.165, 1.54) is 18.2 Å². The fraction of sp³-hybridized carbons (Fsp3) is 0.214. The first-order valence-corrected chi connectivity index (χ1v) is 6.09. The molecule has 3 nitrogen and oxygen atoms in total. The monoisotopic (exact) mass is 337 g/mol. The molecule has 2 rings (SSSR count). The second-order valence-corrected chi connectivity index (χ2v) is 4.29. The van der Waals surface area contributed by atoms with Crippen LogP contribution in [0.25, 0.3) is 11.3 Å². The first kappa shape index (κ1) is 16.9. The van der Waals surface area contributed by atoms with Gasteiger partial charge in [0.15, 0.2) is 5.69 Å². The molecule has 1 aromatic carbocycles. The second kappa shape index (κ2) is 5.98. The van der Waals surface area contributed by atoms with Crippen LogP contribution in [0.15, 0.2) is 36.4 Å². The first-order chi connectivity index (χ1) is 10.6. The summed E-state index contributed by atoms with van der Waals surface area (Å²) in [4.78, 5) is 3.38. The van der Waals surface area contributed by atoms with Crippen molar-refractivity contribution >= 4 is 0 Å². The van der Waals surface area contributed by atoms with Crippen molar-refractivity contribution in [1.29, 1.82) is 0 Å². The van der Waals surface area contributed by atoms with Crippen molar-refractivity contribution in [2.45, 2.75) is 12.5 Å². The zero-order valence-electron chi connectivity index (χ0n) is 11.5. The number of hydrogen-bond acceptors (Lipinski definition) is 3. The molecule has 0 aliphatic rings. The first-order valence-electron chi connectivity index (χ1n) is 6.09. The lowest BCUT2D eigenvalue weighted by Gasteiger charge is -2.15. The van der Waals surface area contributed by atoms with Gasteiger partial charge in [0.25, 0.3) is 0 Å². The van der Waals surface area contributed by atoms with Gasteiger partial charge in [0.1, 0.15) is 11.5 Å². The SMILES string of the molecule is COc1ccc(-c2ccccc2OC(F)(F)F)nc1C(F)(F)F. The number of halogens is 6. The van der Waals surface area contributed by atoms with Crippen LogP contribution in [-0.4, -0.2) is 18.5 Å². The zero-order valence-corrected chi connectivity index (χ0v) is 11.5. The van der Waals surface area contributed by atoms with Crippen molar-refractivity contribution in [3.8, 4) is 22.8 Å². The van der Waals surface area contributed by atoms with Crippen molar-refractivity contribution in [3.63, 3.8) is 0 Å². The molecule has 1 aromatic heterocycles. The van der Waals surface area contributed by atoms with E-state index in [1.54, 1.807) is 0 Å². The van der Waals surface area contributed by atoms with Crippen LogP contribution in [0.3, 0.4) is 0 Å². The number of benzene rings is 1. The Balaban J connectivity index is 2.55. The standard InChI is InChI=1S/C14H9F6NO2/c1-22-11-7-6-9(21-12(11)13(15,16)17)8-4-2-3-5-10(8)23-14(18,19)20/h2-7H,1H3. The molecule has 0 bridgehead atoms. The van der Waals surface area contributed by atoms with Gasteiger partial charge in [-0.2, -0.15) is 13.2 Å². The third kappa shape index (κ3) is 4.05. The molecule has 0 fully saturated rings. The van der Waals surface area contributed by atoms with E-state index in [9.17, 15) is 26.3 Å². The van der Waals surface area contributed by atoms with E-state index in [4.69, 9.17) is 0 Å². The highest BCUT2D eigenvalue weighted by Crippen LogP contribution is 2.38. The third-order valence-corrected chi connectivity index (χ3v) is 2.74. The molecule has 0 saturated heterocycles. The van der Waals surface area contributed by atoms with E-state index in [-0.39, 0.29) is 11.3 Å². The maximum Gasteiger partial charge on any atom is 0.573 e. The van der Waals surface area contributed by atoms with Crippen molar-refractivity contribution in [3.05, 3.63) is 42.1 Å². The fourth-order valence-corrected chi connectivity index (χ4v) is 1.86. The summed E-state index contributed by atoms with van der Waals surface area (Å²) < 4.78 is 84.4. The Morgan fingerprint density at radius 3 is 2.09 bits per heavy atom. The van der Waals surface area contributed by atoms with Crippen LogP contribution in [-0.2, 0) is 6.18 Å². The Morgan fingerprint density at radius 1 is 0.870 bits per heavy atom. The topological polar surface area (TPSA) is 31.4 Å². The van der Waals surface area contributed by atoms with Gasteiger partial charge in [-0.1, -0.05) is 12.1 Å². The minimum Gasteiger partial charge on any atom is -0.494 e. The van der Waals surface area contributed by atoms with Crippen LogP contribution < -0.4 is 9.47 Å². The van der Waals surface area contributed by atoms with Gasteiger partial charge in [-0.3, -0.25) is 0 Å². The summed E-state index contributed by atoms with van der Waals surface area (Å²) in [5.41, 5.74) is -1.88. The van der Waals surface area contributed by atoms with Gasteiger partial charge in [-0.05, 0) is 24.3 Å². The number of hydrogen-bond donors (Lipinski definition) is 0. The van der Waals surface area contributed by atoms with Crippen molar-refractivity contribution < 1.29 is 35.8 Å². The molecule has 0 aliphatic carbocycles. The van der Waals surface area contributed by atoms with Gasteiger partial charge in [0.05, 0.1) is 12.8 Å². The Labute approximate surface area is 126 Å². The molecule has 0 radical (unpaired) electrons. The molecule has 2 aromatic rings. The molecule has 0 atom stereocenters. The molecule has 0 aliphatic heterocycles. The van der Waals surface area contributed by atoms with Crippen LogP contribution in [0, 0.1) is 0 Å². The average molecular weight is 337 g/mol. The Bertz CT molecular complexity index is 696. The quantitative estimate of drug-likeness (QED) is 0.763. The maximum absolute atomic E-state index is 12.9. The number of para-hydroxylation sites is 1. The van der Waals surface area contributed by atoms with E-state index in [0.29, 0.717) is 0 Å². The lowest BCUT2D eigenvalue weighted by molar-refractivity contribution is -0.274. The van der Waals surface area contributed by atoms with Gasteiger partial charge < -0.3 is 9.47 Å². The van der Waals surface area contributed by atoms with Crippen LogP contribution in [0.2, 0.25) is 0 Å². The van der Waals surface area contributed by atoms with E-state index in [2.05, 4.69) is 14.5 Å². The van der Waals surface area contributed by atoms with Gasteiger partial charge in [0.2, 0.25) is 0 Å². The van der Waals surface area contributed by atoms with Gasteiger partial charge in [0, 0.05) is 5.56 Å². The molecule has 0 saturated carbocycles. The minimum absolute atomic E-state index is 0.224. The summed E-state index contributed by atoms with van der Waals surface area (Å²) in [6, 6.07) is 6.89. The predicted molar refractivity (Wildman–Crippen MR) is 67.9 cm³/mol. The summed E-state index contributed by atoms with van der Waals surface area (Å²) in [6.45, 7) is 0. The van der Waals surface area contributed by atoms with E-state index < -0.39 is 29.7 Å². The lowest BCUT2D eigenvalue weighted by Crippen LogP contribution is -2.17. The highest BCUT2D eigenvalue weighted by molar-refractivity contribution is 5.68. The highest BCUT2D eigenvalue weighted by Gasteiger charge is 2.37. The summed E-state index contributed by atoms with van der Waals surface area (Å²) in [6.07, 6.45) is -9.80. The zero-order chi connectivity index (χ0) is 17.3. The number of rotatable bonds is 3. The Morgan fingerprint density at radius 2 is 1.52 bits per heavy atom. The smallest absolute Gasteiger partial charge is 0.494 e. The van der Waals surface area contributed by atoms with Gasteiger partial charge in [-0.15, -0.1) is 13.2 Å². The van der Waals surface area contributed by atoms with E-state index >= 15 is 0 Å². The second-order valence-electron chi connectivity index (χ2n) is 4.29.